The molecule has 0 saturated heterocycles. The Morgan fingerprint density at radius 3 is 2.03 bits per heavy atom. The molecule has 0 bridgehead atoms. The summed E-state index contributed by atoms with van der Waals surface area (Å²) in [6.07, 6.45) is 6.57. The van der Waals surface area contributed by atoms with Crippen molar-refractivity contribution in [2.24, 2.45) is 0 Å². The van der Waals surface area contributed by atoms with Crippen molar-refractivity contribution in [3.8, 4) is 47.5 Å². The van der Waals surface area contributed by atoms with Gasteiger partial charge >= 0.3 is 65.1 Å². The first-order chi connectivity index (χ1) is 17.2. The summed E-state index contributed by atoms with van der Waals surface area (Å²) in [7, 11) is -5.14. The predicted octanol–water partition coefficient (Wildman–Crippen LogP) is -3.31. The minimum Gasteiger partial charge on any atom is -0.790 e. The number of rotatable bonds is 15. The van der Waals surface area contributed by atoms with Crippen molar-refractivity contribution in [2.75, 3.05) is 20.0 Å². The first kappa shape index (κ1) is 44.2. The van der Waals surface area contributed by atoms with Gasteiger partial charge in [0.1, 0.15) is 12.9 Å². The molecule has 0 fully saturated rings. The molecule has 0 aromatic heterocycles. The van der Waals surface area contributed by atoms with E-state index in [4.69, 9.17) is 9.84 Å². The number of hydrogen-bond acceptors (Lipinski definition) is 9. The molecule has 0 unspecified atom stereocenters. The Labute approximate surface area is 281 Å². The number of ether oxygens (including phenoxy) is 2. The Morgan fingerprint density at radius 1 is 0.947 bits per heavy atom. The Bertz CT molecular complexity index is 953. The van der Waals surface area contributed by atoms with E-state index in [-0.39, 0.29) is 88.0 Å². The zero-order chi connectivity index (χ0) is 27.5. The van der Waals surface area contributed by atoms with Gasteiger partial charge < -0.3 is 33.5 Å². The van der Waals surface area contributed by atoms with Crippen LogP contribution < -0.4 is 74.2 Å². The Morgan fingerprint density at radius 2 is 1.50 bits per heavy atom. The third kappa shape index (κ3) is 39.7. The van der Waals surface area contributed by atoms with E-state index >= 15 is 0 Å². The van der Waals surface area contributed by atoms with Crippen LogP contribution in [0.4, 0.5) is 0 Å². The van der Waals surface area contributed by atoms with Gasteiger partial charge in [-0.3, -0.25) is 14.9 Å². The van der Waals surface area contributed by atoms with Gasteiger partial charge in [-0.1, -0.05) is 51.4 Å². The van der Waals surface area contributed by atoms with Gasteiger partial charge in [0.2, 0.25) is 5.91 Å². The molecule has 10 nitrogen and oxygen atoms in total. The second-order valence-electron chi connectivity index (χ2n) is 7.03. The number of hydrogen-bond donors (Lipinski definition) is 2. The molecule has 1 amide bonds. The topological polar surface area (TPSA) is 157 Å². The van der Waals surface area contributed by atoms with Crippen LogP contribution in [0.3, 0.4) is 0 Å². The van der Waals surface area contributed by atoms with Gasteiger partial charge in [-0.2, -0.15) is 0 Å². The van der Waals surface area contributed by atoms with Gasteiger partial charge in [-0.15, -0.1) is 0 Å². The van der Waals surface area contributed by atoms with Crippen molar-refractivity contribution < 1.29 is 112 Å². The first-order valence-corrected chi connectivity index (χ1v) is 12.8. The maximum absolute atomic E-state index is 11.7. The Kier molecular flexibility index (Phi) is 37.7. The smallest absolute Gasteiger partial charge is 0.790 e. The molecule has 0 saturated carbocycles. The average molecular weight is 584 g/mol. The van der Waals surface area contributed by atoms with Crippen LogP contribution in [0.2, 0.25) is 0 Å². The number of nitrogens with one attached hydrogen (secondary N) is 1. The summed E-state index contributed by atoms with van der Waals surface area (Å²) < 4.78 is 24.2. The van der Waals surface area contributed by atoms with Crippen molar-refractivity contribution in [2.45, 2.75) is 78.2 Å². The molecule has 13 heteroatoms. The number of phosphoric ester groups is 1. The normalized spacial score (nSPS) is 9.63. The van der Waals surface area contributed by atoms with E-state index in [9.17, 15) is 23.9 Å². The Balaban J connectivity index is -0.0000000519. The van der Waals surface area contributed by atoms with Gasteiger partial charge in [-0.25, -0.2) is 0 Å². The van der Waals surface area contributed by atoms with Gasteiger partial charge in [-0.05, 0) is 31.1 Å². The third-order valence-corrected chi connectivity index (χ3v) is 4.30. The van der Waals surface area contributed by atoms with Crippen molar-refractivity contribution >= 4 is 19.7 Å². The van der Waals surface area contributed by atoms with Crippen molar-refractivity contribution in [1.29, 1.82) is 0 Å². The number of aliphatic hydroxyl groups excluding tert-OH is 1. The second-order valence-corrected chi connectivity index (χ2v) is 8.18. The minimum atomic E-state index is -5.14. The fourth-order valence-electron chi connectivity index (χ4n) is 2.28. The van der Waals surface area contributed by atoms with Gasteiger partial charge in [0, 0.05) is 47.1 Å². The number of unbranched alkanes of at least 4 members (excludes halogenated alkanes) is 6. The standard InChI is InChI=1S/C14H29O8P.C11H7NO.2Na.7H2/c1-2-3-4-5-6-7-8-9-14(16)22-13(10-20-12-15)11-21-23(17,18)19;1-3-4-5-6-7-8-9-10-12-11(2)13;;;;;;;;;/h13,15H,2-12H2,1H3,(H2,17,18,19);1-2H3,(H,12,13);;;7*1H/q;;2*+1;;;;;;;/p-2/t13-;;;;;;;;;;/m0........../s1. The third-order valence-electron chi connectivity index (χ3n) is 3.83. The molecular formula is C25H48NNa2O9P. The maximum atomic E-state index is 11.7. The molecule has 38 heavy (non-hydrogen) atoms. The number of carbonyl (C=O) groups is 2. The number of amides is 1. The summed E-state index contributed by atoms with van der Waals surface area (Å²) in [5.41, 5.74) is 0. The molecule has 0 heterocycles. The molecule has 0 aliphatic carbocycles. The predicted molar refractivity (Wildman–Crippen MR) is 144 cm³/mol. The van der Waals surface area contributed by atoms with Crippen molar-refractivity contribution in [3.63, 3.8) is 0 Å². The summed E-state index contributed by atoms with van der Waals surface area (Å²) in [4.78, 5) is 42.8. The minimum absolute atomic E-state index is 0. The molecule has 0 aliphatic rings. The number of aliphatic hydroxyl groups is 1. The SMILES string of the molecule is CC#CC#CC#CC#CNC(C)=O.CCCCCCCCCC(=O)O[C@@H](COCO)COP(=O)([O-])[O-].[HH].[HH].[HH].[HH].[HH].[HH].[HH].[Na+].[Na+]. The van der Waals surface area contributed by atoms with Crippen LogP contribution in [-0.2, 0) is 28.2 Å². The zero-order valence-corrected chi connectivity index (χ0v) is 27.9. The van der Waals surface area contributed by atoms with Crippen LogP contribution in [0.15, 0.2) is 0 Å². The van der Waals surface area contributed by atoms with Crippen molar-refractivity contribution in [3.05, 3.63) is 0 Å². The molecule has 1 atom stereocenters. The van der Waals surface area contributed by atoms with E-state index in [0.29, 0.717) is 6.42 Å². The molecule has 0 aliphatic heterocycles. The average Bonchev–Trinajstić information content (AvgIpc) is 2.81. The summed E-state index contributed by atoms with van der Waals surface area (Å²) in [5.74, 6) is 16.7. The van der Waals surface area contributed by atoms with E-state index < -0.39 is 33.3 Å². The number of carbonyl (C=O) groups excluding carboxylic acids is 2. The molecule has 2 N–H and O–H groups in total. The maximum Gasteiger partial charge on any atom is 1.00 e. The summed E-state index contributed by atoms with van der Waals surface area (Å²) >= 11 is 0. The fourth-order valence-corrected chi connectivity index (χ4v) is 2.63. The number of esters is 1. The van der Waals surface area contributed by atoms with Gasteiger partial charge in [0.15, 0.2) is 0 Å². The molecule has 214 valence electrons. The van der Waals surface area contributed by atoms with E-state index in [1.54, 1.807) is 6.92 Å². The molecule has 0 aromatic rings. The first-order valence-electron chi connectivity index (χ1n) is 11.4. The van der Waals surface area contributed by atoms with E-state index in [0.717, 1.165) is 19.3 Å². The van der Waals surface area contributed by atoms with Gasteiger partial charge in [0.05, 0.1) is 21.0 Å². The van der Waals surface area contributed by atoms with Crippen LogP contribution in [0, 0.1) is 47.5 Å². The summed E-state index contributed by atoms with van der Waals surface area (Å²) in [6, 6.07) is 2.35. The van der Waals surface area contributed by atoms with Gasteiger partial charge in [0.25, 0.3) is 0 Å². The fraction of sp³-hybridized carbons (Fsp3) is 0.600. The molecule has 0 aromatic carbocycles. The number of phosphoric acid groups is 1. The van der Waals surface area contributed by atoms with E-state index in [1.807, 2.05) is 0 Å². The Hall–Kier alpha value is -0.790. The van der Waals surface area contributed by atoms with Crippen LogP contribution in [0.25, 0.3) is 0 Å². The van der Waals surface area contributed by atoms with E-state index in [2.05, 4.69) is 69.0 Å². The summed E-state index contributed by atoms with van der Waals surface area (Å²) in [5, 5.41) is 10.8. The molecule has 0 rings (SSSR count). The summed E-state index contributed by atoms with van der Waals surface area (Å²) in [6.45, 7) is 3.73. The molecule has 0 spiro atoms. The van der Waals surface area contributed by atoms with Crippen LogP contribution in [0.1, 0.15) is 82.1 Å². The quantitative estimate of drug-likeness (QED) is 0.0383. The zero-order valence-electron chi connectivity index (χ0n) is 23.0. The monoisotopic (exact) mass is 583 g/mol. The van der Waals surface area contributed by atoms with Crippen LogP contribution in [-0.4, -0.2) is 43.1 Å². The molecule has 0 radical (unpaired) electrons. The van der Waals surface area contributed by atoms with Crippen molar-refractivity contribution in [1.82, 2.24) is 5.32 Å². The van der Waals surface area contributed by atoms with E-state index in [1.165, 1.54) is 26.2 Å². The largest absolute Gasteiger partial charge is 1.00 e. The second kappa shape index (κ2) is 32.4. The van der Waals surface area contributed by atoms with Crippen LogP contribution in [0.5, 0.6) is 0 Å². The molecular weight excluding hydrogens is 535 g/mol. The van der Waals surface area contributed by atoms with Crippen LogP contribution >= 0.6 is 7.82 Å².